The number of nitrogens with one attached hydrogen (secondary N) is 1. The lowest BCUT2D eigenvalue weighted by molar-refractivity contribution is -0.148. The van der Waals surface area contributed by atoms with Crippen LogP contribution < -0.4 is 5.32 Å². The second-order valence-electron chi connectivity index (χ2n) is 5.04. The van der Waals surface area contributed by atoms with E-state index in [2.05, 4.69) is 5.32 Å². The number of anilines is 1. The van der Waals surface area contributed by atoms with Crippen LogP contribution in [0.25, 0.3) is 6.08 Å². The molecule has 0 aliphatic carbocycles. The lowest BCUT2D eigenvalue weighted by Gasteiger charge is -2.12. The van der Waals surface area contributed by atoms with Gasteiger partial charge in [-0.25, -0.2) is 4.79 Å². The Morgan fingerprint density at radius 2 is 1.75 bits per heavy atom. The van der Waals surface area contributed by atoms with Gasteiger partial charge in [0.15, 0.2) is 6.10 Å². The van der Waals surface area contributed by atoms with E-state index in [4.69, 9.17) is 4.74 Å². The Bertz CT molecular complexity index is 711. The number of hydrogen-bond acceptors (Lipinski definition) is 4. The topological polar surface area (TPSA) is 55.4 Å². The van der Waals surface area contributed by atoms with Crippen molar-refractivity contribution in [3.05, 3.63) is 66.2 Å². The summed E-state index contributed by atoms with van der Waals surface area (Å²) in [6, 6.07) is 16.8. The lowest BCUT2D eigenvalue weighted by Crippen LogP contribution is -2.29. The van der Waals surface area contributed by atoms with Gasteiger partial charge < -0.3 is 10.1 Å². The van der Waals surface area contributed by atoms with Crippen molar-refractivity contribution in [2.24, 2.45) is 0 Å². The van der Waals surface area contributed by atoms with Crippen LogP contribution in [0, 0.1) is 0 Å². The average molecular weight is 341 g/mol. The Morgan fingerprint density at radius 1 is 1.08 bits per heavy atom. The Balaban J connectivity index is 1.86. The molecule has 4 nitrogen and oxygen atoms in total. The molecule has 2 aromatic carbocycles. The summed E-state index contributed by atoms with van der Waals surface area (Å²) in [4.78, 5) is 24.9. The number of carbonyl (C=O) groups excluding carboxylic acids is 2. The molecular formula is C19H19NO3S. The molecule has 2 rings (SSSR count). The molecule has 2 aromatic rings. The molecule has 0 unspecified atom stereocenters. The molecule has 0 aliphatic heterocycles. The molecule has 0 fully saturated rings. The summed E-state index contributed by atoms with van der Waals surface area (Å²) in [7, 11) is 0. The number of rotatable bonds is 6. The summed E-state index contributed by atoms with van der Waals surface area (Å²) < 4.78 is 5.11. The van der Waals surface area contributed by atoms with Crippen molar-refractivity contribution in [3.63, 3.8) is 0 Å². The SMILES string of the molecule is CSc1ccc(/C=C/C(=O)O[C@H](C)C(=O)Nc2ccccc2)cc1. The zero-order valence-corrected chi connectivity index (χ0v) is 14.4. The van der Waals surface area contributed by atoms with Crippen LogP contribution in [0.1, 0.15) is 12.5 Å². The van der Waals surface area contributed by atoms with Gasteiger partial charge in [-0.05, 0) is 49.1 Å². The molecule has 5 heteroatoms. The van der Waals surface area contributed by atoms with Crippen LogP contribution in [0.4, 0.5) is 5.69 Å². The van der Waals surface area contributed by atoms with Gasteiger partial charge in [0.1, 0.15) is 0 Å². The highest BCUT2D eigenvalue weighted by Crippen LogP contribution is 2.15. The molecular weight excluding hydrogens is 322 g/mol. The number of hydrogen-bond donors (Lipinski definition) is 1. The molecule has 1 atom stereocenters. The second-order valence-corrected chi connectivity index (χ2v) is 5.92. The molecule has 1 N–H and O–H groups in total. The number of para-hydroxylation sites is 1. The van der Waals surface area contributed by atoms with Crippen LogP contribution in [0.3, 0.4) is 0 Å². The minimum atomic E-state index is -0.874. The first-order chi connectivity index (χ1) is 11.6. The van der Waals surface area contributed by atoms with Crippen LogP contribution in [-0.4, -0.2) is 24.2 Å². The molecule has 0 bridgehead atoms. The summed E-state index contributed by atoms with van der Waals surface area (Å²) >= 11 is 1.65. The molecule has 0 heterocycles. The van der Waals surface area contributed by atoms with E-state index in [0.29, 0.717) is 5.69 Å². The quantitative estimate of drug-likeness (QED) is 0.490. The van der Waals surface area contributed by atoms with E-state index < -0.39 is 12.1 Å². The minimum absolute atomic E-state index is 0.368. The number of benzene rings is 2. The highest BCUT2D eigenvalue weighted by Gasteiger charge is 2.16. The zero-order chi connectivity index (χ0) is 17.4. The standard InChI is InChI=1S/C19H19NO3S/c1-14(19(22)20-16-6-4-3-5-7-16)23-18(21)13-10-15-8-11-17(24-2)12-9-15/h3-14H,1-2H3,(H,20,22)/b13-10+/t14-/m1/s1. The van der Waals surface area contributed by atoms with Crippen molar-refractivity contribution in [1.29, 1.82) is 0 Å². The van der Waals surface area contributed by atoms with Gasteiger partial charge in [0.25, 0.3) is 5.91 Å². The van der Waals surface area contributed by atoms with Gasteiger partial charge >= 0.3 is 5.97 Å². The van der Waals surface area contributed by atoms with Gasteiger partial charge in [-0.1, -0.05) is 30.3 Å². The fourth-order valence-electron chi connectivity index (χ4n) is 1.91. The van der Waals surface area contributed by atoms with E-state index in [9.17, 15) is 9.59 Å². The molecule has 0 aliphatic rings. The van der Waals surface area contributed by atoms with E-state index in [1.54, 1.807) is 30.0 Å². The summed E-state index contributed by atoms with van der Waals surface area (Å²) in [5.41, 5.74) is 1.56. The molecule has 0 radical (unpaired) electrons. The van der Waals surface area contributed by atoms with E-state index in [0.717, 1.165) is 10.5 Å². The maximum atomic E-state index is 12.0. The molecule has 0 saturated carbocycles. The third-order valence-corrected chi connectivity index (χ3v) is 3.97. The fourth-order valence-corrected chi connectivity index (χ4v) is 2.32. The monoisotopic (exact) mass is 341 g/mol. The fraction of sp³-hybridized carbons (Fsp3) is 0.158. The normalized spacial score (nSPS) is 11.9. The third-order valence-electron chi connectivity index (χ3n) is 3.23. The van der Waals surface area contributed by atoms with Crippen molar-refractivity contribution in [2.45, 2.75) is 17.9 Å². The maximum absolute atomic E-state index is 12.0. The largest absolute Gasteiger partial charge is 0.449 e. The highest BCUT2D eigenvalue weighted by molar-refractivity contribution is 7.98. The number of thioether (sulfide) groups is 1. The van der Waals surface area contributed by atoms with Crippen molar-refractivity contribution < 1.29 is 14.3 Å². The second kappa shape index (κ2) is 8.93. The Hall–Kier alpha value is -2.53. The van der Waals surface area contributed by atoms with Gasteiger partial charge in [-0.3, -0.25) is 4.79 Å². The smallest absolute Gasteiger partial charge is 0.331 e. The van der Waals surface area contributed by atoms with Gasteiger partial charge in [-0.15, -0.1) is 11.8 Å². The van der Waals surface area contributed by atoms with Gasteiger partial charge in [0, 0.05) is 16.7 Å². The van der Waals surface area contributed by atoms with Crippen LogP contribution >= 0.6 is 11.8 Å². The molecule has 0 aromatic heterocycles. The van der Waals surface area contributed by atoms with E-state index in [1.165, 1.54) is 13.0 Å². The van der Waals surface area contributed by atoms with Gasteiger partial charge in [0.05, 0.1) is 0 Å². The first-order valence-electron chi connectivity index (χ1n) is 7.47. The molecule has 0 saturated heterocycles. The Kier molecular flexibility index (Phi) is 6.63. The zero-order valence-electron chi connectivity index (χ0n) is 13.6. The molecule has 0 spiro atoms. The van der Waals surface area contributed by atoms with Crippen LogP contribution in [0.5, 0.6) is 0 Å². The average Bonchev–Trinajstić information content (AvgIpc) is 2.61. The Labute approximate surface area is 145 Å². The number of ether oxygens (including phenoxy) is 1. The van der Waals surface area contributed by atoms with Crippen molar-refractivity contribution in [3.8, 4) is 0 Å². The predicted octanol–water partition coefficient (Wildman–Crippen LogP) is 3.99. The van der Waals surface area contributed by atoms with Gasteiger partial charge in [0.2, 0.25) is 0 Å². The molecule has 124 valence electrons. The van der Waals surface area contributed by atoms with Crippen molar-refractivity contribution >= 4 is 35.4 Å². The third kappa shape index (κ3) is 5.59. The minimum Gasteiger partial charge on any atom is -0.449 e. The summed E-state index contributed by atoms with van der Waals surface area (Å²) in [6.45, 7) is 1.54. The van der Waals surface area contributed by atoms with Crippen molar-refractivity contribution in [1.82, 2.24) is 0 Å². The first kappa shape index (κ1) is 17.8. The number of amides is 1. The van der Waals surface area contributed by atoms with E-state index >= 15 is 0 Å². The number of esters is 1. The Morgan fingerprint density at radius 3 is 2.38 bits per heavy atom. The number of carbonyl (C=O) groups is 2. The lowest BCUT2D eigenvalue weighted by atomic mass is 10.2. The summed E-state index contributed by atoms with van der Waals surface area (Å²) in [6.07, 6.45) is 4.11. The first-order valence-corrected chi connectivity index (χ1v) is 8.69. The van der Waals surface area contributed by atoms with E-state index in [1.807, 2.05) is 48.7 Å². The van der Waals surface area contributed by atoms with Crippen LogP contribution in [0.2, 0.25) is 0 Å². The summed E-state index contributed by atoms with van der Waals surface area (Å²) in [5.74, 6) is -0.924. The predicted molar refractivity (Wildman–Crippen MR) is 97.9 cm³/mol. The van der Waals surface area contributed by atoms with Crippen LogP contribution in [0.15, 0.2) is 65.6 Å². The molecule has 1 amide bonds. The van der Waals surface area contributed by atoms with Crippen LogP contribution in [-0.2, 0) is 14.3 Å². The van der Waals surface area contributed by atoms with Gasteiger partial charge in [-0.2, -0.15) is 0 Å². The van der Waals surface area contributed by atoms with Crippen molar-refractivity contribution in [2.75, 3.05) is 11.6 Å². The maximum Gasteiger partial charge on any atom is 0.331 e. The van der Waals surface area contributed by atoms with E-state index in [-0.39, 0.29) is 5.91 Å². The molecule has 24 heavy (non-hydrogen) atoms. The highest BCUT2D eigenvalue weighted by atomic mass is 32.2. The summed E-state index contributed by atoms with van der Waals surface area (Å²) in [5, 5.41) is 2.69.